The van der Waals surface area contributed by atoms with Gasteiger partial charge in [0, 0.05) is 12.3 Å². The maximum absolute atomic E-state index is 5.70. The van der Waals surface area contributed by atoms with Gasteiger partial charge in [-0.1, -0.05) is 0 Å². The van der Waals surface area contributed by atoms with Gasteiger partial charge in [0.1, 0.15) is 11.9 Å². The van der Waals surface area contributed by atoms with Crippen LogP contribution in [0.4, 0.5) is 0 Å². The minimum absolute atomic E-state index is 0.384. The van der Waals surface area contributed by atoms with Crippen molar-refractivity contribution in [3.8, 4) is 5.88 Å². The van der Waals surface area contributed by atoms with E-state index < -0.39 is 0 Å². The Bertz CT molecular complexity index is 282. The molecule has 3 nitrogen and oxygen atoms in total. The van der Waals surface area contributed by atoms with Crippen molar-refractivity contribution in [2.45, 2.75) is 38.7 Å². The first-order chi connectivity index (χ1) is 6.34. The fourth-order valence-electron chi connectivity index (χ4n) is 1.68. The molecule has 0 saturated heterocycles. The van der Waals surface area contributed by atoms with Gasteiger partial charge in [-0.3, -0.25) is 0 Å². The first kappa shape index (κ1) is 8.48. The van der Waals surface area contributed by atoms with Gasteiger partial charge in [0.05, 0.1) is 0 Å². The van der Waals surface area contributed by atoms with Crippen molar-refractivity contribution >= 4 is 0 Å². The van der Waals surface area contributed by atoms with E-state index in [0.29, 0.717) is 6.10 Å². The van der Waals surface area contributed by atoms with E-state index in [4.69, 9.17) is 4.74 Å². The summed E-state index contributed by atoms with van der Waals surface area (Å²) >= 11 is 0. The summed E-state index contributed by atoms with van der Waals surface area (Å²) in [5.41, 5.74) is 0. The Kier molecular flexibility index (Phi) is 2.43. The molecule has 1 aliphatic rings. The molecule has 1 aliphatic carbocycles. The van der Waals surface area contributed by atoms with Gasteiger partial charge in [-0.25, -0.2) is 4.98 Å². The molecule has 0 radical (unpaired) electrons. The molecule has 1 fully saturated rings. The number of ether oxygens (including phenoxy) is 1. The molecule has 1 heterocycles. The highest BCUT2D eigenvalue weighted by molar-refractivity contribution is 5.08. The Morgan fingerprint density at radius 1 is 1.38 bits per heavy atom. The van der Waals surface area contributed by atoms with Gasteiger partial charge in [0.25, 0.3) is 0 Å². The second-order valence-corrected chi connectivity index (χ2v) is 3.47. The van der Waals surface area contributed by atoms with E-state index in [1.165, 1.54) is 25.7 Å². The first-order valence-electron chi connectivity index (χ1n) is 4.81. The van der Waals surface area contributed by atoms with Crippen LogP contribution in [0.1, 0.15) is 31.5 Å². The number of rotatable bonds is 2. The Hall–Kier alpha value is -1.12. The maximum Gasteiger partial charge on any atom is 0.216 e. The van der Waals surface area contributed by atoms with E-state index in [2.05, 4.69) is 9.97 Å². The van der Waals surface area contributed by atoms with Crippen molar-refractivity contribution in [3.05, 3.63) is 18.1 Å². The summed E-state index contributed by atoms with van der Waals surface area (Å²) in [5.74, 6) is 1.50. The predicted octanol–water partition coefficient (Wildman–Crippen LogP) is 2.11. The van der Waals surface area contributed by atoms with Crippen LogP contribution in [0.25, 0.3) is 0 Å². The van der Waals surface area contributed by atoms with Crippen LogP contribution in [-0.2, 0) is 0 Å². The number of nitrogens with zero attached hydrogens (tertiary/aromatic N) is 2. The quantitative estimate of drug-likeness (QED) is 0.695. The lowest BCUT2D eigenvalue weighted by Crippen LogP contribution is -2.12. The van der Waals surface area contributed by atoms with Crippen molar-refractivity contribution in [1.82, 2.24) is 9.97 Å². The molecule has 0 atom stereocenters. The summed E-state index contributed by atoms with van der Waals surface area (Å²) in [4.78, 5) is 8.23. The fraction of sp³-hybridized carbons (Fsp3) is 0.600. The third-order valence-corrected chi connectivity index (χ3v) is 2.34. The van der Waals surface area contributed by atoms with Crippen LogP contribution in [0.5, 0.6) is 5.88 Å². The van der Waals surface area contributed by atoms with Crippen molar-refractivity contribution < 1.29 is 4.74 Å². The topological polar surface area (TPSA) is 35.0 Å². The summed E-state index contributed by atoms with van der Waals surface area (Å²) in [7, 11) is 0. The van der Waals surface area contributed by atoms with E-state index in [9.17, 15) is 0 Å². The molecule has 1 saturated carbocycles. The smallest absolute Gasteiger partial charge is 0.216 e. The summed E-state index contributed by atoms with van der Waals surface area (Å²) in [6, 6.07) is 1.82. The molecule has 70 valence electrons. The van der Waals surface area contributed by atoms with Crippen LogP contribution < -0.4 is 4.74 Å². The molecule has 1 aromatic heterocycles. The number of aryl methyl sites for hydroxylation is 1. The summed E-state index contributed by atoms with van der Waals surface area (Å²) in [6.45, 7) is 1.88. The highest BCUT2D eigenvalue weighted by Gasteiger charge is 2.16. The fourth-order valence-corrected chi connectivity index (χ4v) is 1.68. The maximum atomic E-state index is 5.70. The summed E-state index contributed by atoms with van der Waals surface area (Å²) in [5, 5.41) is 0. The van der Waals surface area contributed by atoms with Gasteiger partial charge in [-0.15, -0.1) is 0 Å². The van der Waals surface area contributed by atoms with Crippen LogP contribution in [0, 0.1) is 6.92 Å². The van der Waals surface area contributed by atoms with Crippen LogP contribution in [0.15, 0.2) is 12.3 Å². The molecule has 1 aromatic rings. The zero-order valence-corrected chi connectivity index (χ0v) is 7.86. The summed E-state index contributed by atoms with van der Waals surface area (Å²) in [6.07, 6.45) is 7.04. The van der Waals surface area contributed by atoms with Gasteiger partial charge >= 0.3 is 0 Å². The molecule has 2 rings (SSSR count). The molecule has 0 aromatic carbocycles. The van der Waals surface area contributed by atoms with E-state index in [-0.39, 0.29) is 0 Å². The Balaban J connectivity index is 2.00. The molecule has 0 spiro atoms. The highest BCUT2D eigenvalue weighted by atomic mass is 16.5. The summed E-state index contributed by atoms with van der Waals surface area (Å²) < 4.78 is 5.70. The lowest BCUT2D eigenvalue weighted by Gasteiger charge is -2.11. The van der Waals surface area contributed by atoms with Gasteiger partial charge in [0.15, 0.2) is 0 Å². The minimum Gasteiger partial charge on any atom is -0.474 e. The second-order valence-electron chi connectivity index (χ2n) is 3.47. The van der Waals surface area contributed by atoms with Gasteiger partial charge in [-0.05, 0) is 32.6 Å². The molecule has 3 heteroatoms. The van der Waals surface area contributed by atoms with Crippen molar-refractivity contribution in [2.75, 3.05) is 0 Å². The van der Waals surface area contributed by atoms with E-state index in [1.807, 2.05) is 13.0 Å². The average Bonchev–Trinajstić information content (AvgIpc) is 2.57. The average molecular weight is 178 g/mol. The normalized spacial score (nSPS) is 17.6. The van der Waals surface area contributed by atoms with Crippen LogP contribution >= 0.6 is 0 Å². The van der Waals surface area contributed by atoms with Crippen molar-refractivity contribution in [2.24, 2.45) is 0 Å². The zero-order valence-electron chi connectivity index (χ0n) is 7.86. The lowest BCUT2D eigenvalue weighted by molar-refractivity contribution is 0.200. The molecule has 0 aliphatic heterocycles. The minimum atomic E-state index is 0.384. The Morgan fingerprint density at radius 3 is 2.85 bits per heavy atom. The first-order valence-corrected chi connectivity index (χ1v) is 4.81. The molecule has 0 unspecified atom stereocenters. The largest absolute Gasteiger partial charge is 0.474 e. The third kappa shape index (κ3) is 2.17. The van der Waals surface area contributed by atoms with Gasteiger partial charge in [-0.2, -0.15) is 4.98 Å². The van der Waals surface area contributed by atoms with Crippen LogP contribution in [0.3, 0.4) is 0 Å². The van der Waals surface area contributed by atoms with E-state index in [0.717, 1.165) is 11.7 Å². The van der Waals surface area contributed by atoms with Crippen LogP contribution in [-0.4, -0.2) is 16.1 Å². The Morgan fingerprint density at radius 2 is 2.15 bits per heavy atom. The standard InChI is InChI=1S/C10H14N2O/c1-8-11-7-6-10(12-8)13-9-4-2-3-5-9/h6-7,9H,2-5H2,1H3. The Labute approximate surface area is 78.2 Å². The SMILES string of the molecule is Cc1nccc(OC2CCCC2)n1. The molecule has 0 bridgehead atoms. The predicted molar refractivity (Wildman–Crippen MR) is 49.7 cm³/mol. The van der Waals surface area contributed by atoms with Gasteiger partial charge in [0.2, 0.25) is 5.88 Å². The second kappa shape index (κ2) is 3.73. The number of hydrogen-bond donors (Lipinski definition) is 0. The van der Waals surface area contributed by atoms with Crippen molar-refractivity contribution in [3.63, 3.8) is 0 Å². The van der Waals surface area contributed by atoms with Crippen molar-refractivity contribution in [1.29, 1.82) is 0 Å². The zero-order chi connectivity index (χ0) is 9.10. The van der Waals surface area contributed by atoms with Crippen LogP contribution in [0.2, 0.25) is 0 Å². The molecular weight excluding hydrogens is 164 g/mol. The molecule has 13 heavy (non-hydrogen) atoms. The van der Waals surface area contributed by atoms with E-state index in [1.54, 1.807) is 6.20 Å². The van der Waals surface area contributed by atoms with E-state index >= 15 is 0 Å². The highest BCUT2D eigenvalue weighted by Crippen LogP contribution is 2.22. The number of hydrogen-bond acceptors (Lipinski definition) is 3. The number of aromatic nitrogens is 2. The lowest BCUT2D eigenvalue weighted by atomic mass is 10.3. The molecular formula is C10H14N2O. The molecule has 0 amide bonds. The third-order valence-electron chi connectivity index (χ3n) is 2.34. The van der Waals surface area contributed by atoms with Gasteiger partial charge < -0.3 is 4.74 Å². The molecule has 0 N–H and O–H groups in total. The monoisotopic (exact) mass is 178 g/mol.